The number of amides is 1. The molecule has 1 heterocycles. The van der Waals surface area contributed by atoms with Crippen LogP contribution in [0.2, 0.25) is 5.02 Å². The van der Waals surface area contributed by atoms with Gasteiger partial charge in [0.1, 0.15) is 11.6 Å². The fourth-order valence-electron chi connectivity index (χ4n) is 2.17. The van der Waals surface area contributed by atoms with E-state index in [0.717, 1.165) is 0 Å². The van der Waals surface area contributed by atoms with E-state index in [1.54, 1.807) is 42.5 Å². The molecule has 0 radical (unpaired) electrons. The SMILES string of the molecule is O=C(NNC(=S)Nc1cccc(Cl)c1)c1ccc(-c2ccccc2F)o1. The van der Waals surface area contributed by atoms with Crippen LogP contribution in [0.25, 0.3) is 11.3 Å². The van der Waals surface area contributed by atoms with Crippen LogP contribution < -0.4 is 16.2 Å². The quantitative estimate of drug-likeness (QED) is 0.458. The van der Waals surface area contributed by atoms with Crippen LogP contribution in [0.4, 0.5) is 10.1 Å². The molecule has 1 amide bonds. The number of carbonyl (C=O) groups is 1. The van der Waals surface area contributed by atoms with Gasteiger partial charge in [-0.1, -0.05) is 29.8 Å². The zero-order valence-corrected chi connectivity index (χ0v) is 14.8. The van der Waals surface area contributed by atoms with Crippen molar-refractivity contribution in [3.8, 4) is 11.3 Å². The predicted octanol–water partition coefficient (Wildman–Crippen LogP) is 4.37. The second kappa shape index (κ2) is 7.99. The van der Waals surface area contributed by atoms with Gasteiger partial charge in [-0.05, 0) is 54.7 Å². The smallest absolute Gasteiger partial charge is 0.305 e. The Labute approximate surface area is 159 Å². The zero-order chi connectivity index (χ0) is 18.5. The molecule has 0 saturated carbocycles. The van der Waals surface area contributed by atoms with Crippen molar-refractivity contribution < 1.29 is 13.6 Å². The first-order valence-electron chi connectivity index (χ1n) is 7.50. The van der Waals surface area contributed by atoms with Gasteiger partial charge in [-0.3, -0.25) is 15.6 Å². The van der Waals surface area contributed by atoms with Crippen LogP contribution in [0, 0.1) is 5.82 Å². The number of benzene rings is 2. The molecule has 0 unspecified atom stereocenters. The summed E-state index contributed by atoms with van der Waals surface area (Å²) in [4.78, 5) is 12.1. The van der Waals surface area contributed by atoms with Crippen LogP contribution in [0.5, 0.6) is 0 Å². The van der Waals surface area contributed by atoms with E-state index in [4.69, 9.17) is 28.2 Å². The van der Waals surface area contributed by atoms with Gasteiger partial charge in [-0.25, -0.2) is 4.39 Å². The maximum Gasteiger partial charge on any atom is 0.305 e. The van der Waals surface area contributed by atoms with Crippen molar-refractivity contribution >= 4 is 40.5 Å². The third-order valence-electron chi connectivity index (χ3n) is 3.34. The molecule has 2 aromatic carbocycles. The normalized spacial score (nSPS) is 10.2. The summed E-state index contributed by atoms with van der Waals surface area (Å²) in [5.74, 6) is -0.712. The number of hydrazine groups is 1. The maximum atomic E-state index is 13.8. The van der Waals surface area contributed by atoms with Gasteiger partial charge in [0.15, 0.2) is 10.9 Å². The molecule has 26 heavy (non-hydrogen) atoms. The minimum Gasteiger partial charge on any atom is -0.451 e. The van der Waals surface area contributed by atoms with E-state index in [9.17, 15) is 9.18 Å². The number of halogens is 2. The van der Waals surface area contributed by atoms with Gasteiger partial charge in [0.05, 0.1) is 5.56 Å². The Hall–Kier alpha value is -2.90. The molecular weight excluding hydrogens is 377 g/mol. The summed E-state index contributed by atoms with van der Waals surface area (Å²) in [5.41, 5.74) is 5.90. The molecule has 0 aliphatic rings. The van der Waals surface area contributed by atoms with Crippen molar-refractivity contribution in [2.45, 2.75) is 0 Å². The van der Waals surface area contributed by atoms with E-state index >= 15 is 0 Å². The van der Waals surface area contributed by atoms with Crippen molar-refractivity contribution in [3.63, 3.8) is 0 Å². The molecule has 5 nitrogen and oxygen atoms in total. The van der Waals surface area contributed by atoms with Gasteiger partial charge in [-0.15, -0.1) is 0 Å². The van der Waals surface area contributed by atoms with Crippen LogP contribution in [0.3, 0.4) is 0 Å². The molecule has 0 fully saturated rings. The van der Waals surface area contributed by atoms with Gasteiger partial charge < -0.3 is 9.73 Å². The zero-order valence-electron chi connectivity index (χ0n) is 13.3. The number of carbonyl (C=O) groups excluding carboxylic acids is 1. The lowest BCUT2D eigenvalue weighted by Gasteiger charge is -2.11. The number of hydrogen-bond donors (Lipinski definition) is 3. The summed E-state index contributed by atoms with van der Waals surface area (Å²) >= 11 is 11.0. The highest BCUT2D eigenvalue weighted by Crippen LogP contribution is 2.24. The molecule has 0 aliphatic carbocycles. The predicted molar refractivity (Wildman–Crippen MR) is 102 cm³/mol. The van der Waals surface area contributed by atoms with E-state index in [1.165, 1.54) is 18.2 Å². The summed E-state index contributed by atoms with van der Waals surface area (Å²) in [5, 5.41) is 3.59. The molecule has 0 aliphatic heterocycles. The Balaban J connectivity index is 1.59. The lowest BCUT2D eigenvalue weighted by atomic mass is 10.1. The number of rotatable bonds is 3. The molecule has 3 aromatic rings. The first kappa shape index (κ1) is 17.9. The fraction of sp³-hybridized carbons (Fsp3) is 0. The van der Waals surface area contributed by atoms with Gasteiger partial charge in [-0.2, -0.15) is 0 Å². The van der Waals surface area contributed by atoms with E-state index in [1.807, 2.05) is 0 Å². The summed E-state index contributed by atoms with van der Waals surface area (Å²) in [6.45, 7) is 0. The third kappa shape index (κ3) is 4.38. The highest BCUT2D eigenvalue weighted by atomic mass is 35.5. The number of furan rings is 1. The molecule has 8 heteroatoms. The van der Waals surface area contributed by atoms with E-state index in [0.29, 0.717) is 10.7 Å². The Morgan fingerprint density at radius 2 is 1.85 bits per heavy atom. The van der Waals surface area contributed by atoms with Gasteiger partial charge in [0.25, 0.3) is 0 Å². The second-order valence-electron chi connectivity index (χ2n) is 5.19. The Kier molecular flexibility index (Phi) is 5.50. The topological polar surface area (TPSA) is 66.3 Å². The molecule has 0 atom stereocenters. The second-order valence-corrected chi connectivity index (χ2v) is 6.03. The van der Waals surface area contributed by atoms with Crippen molar-refractivity contribution in [2.75, 3.05) is 5.32 Å². The Morgan fingerprint density at radius 1 is 1.04 bits per heavy atom. The molecular formula is C18H13ClFN3O2S. The van der Waals surface area contributed by atoms with Crippen molar-refractivity contribution in [1.82, 2.24) is 10.9 Å². The number of anilines is 1. The van der Waals surface area contributed by atoms with E-state index in [2.05, 4.69) is 16.2 Å². The largest absolute Gasteiger partial charge is 0.451 e. The number of hydrogen-bond acceptors (Lipinski definition) is 3. The fourth-order valence-corrected chi connectivity index (χ4v) is 2.53. The Bertz CT molecular complexity index is 961. The number of nitrogens with one attached hydrogen (secondary N) is 3. The number of thiocarbonyl (C=S) groups is 1. The third-order valence-corrected chi connectivity index (χ3v) is 3.78. The summed E-state index contributed by atoms with van der Waals surface area (Å²) in [7, 11) is 0. The average molecular weight is 390 g/mol. The van der Waals surface area contributed by atoms with E-state index < -0.39 is 11.7 Å². The molecule has 0 bridgehead atoms. The average Bonchev–Trinajstić information content (AvgIpc) is 3.10. The molecule has 3 N–H and O–H groups in total. The summed E-state index contributed by atoms with van der Waals surface area (Å²) < 4.78 is 19.2. The van der Waals surface area contributed by atoms with E-state index in [-0.39, 0.29) is 22.2 Å². The van der Waals surface area contributed by atoms with Crippen molar-refractivity contribution in [2.24, 2.45) is 0 Å². The van der Waals surface area contributed by atoms with Crippen LogP contribution in [0.15, 0.2) is 65.1 Å². The highest BCUT2D eigenvalue weighted by Gasteiger charge is 2.14. The monoisotopic (exact) mass is 389 g/mol. The van der Waals surface area contributed by atoms with Crippen LogP contribution in [-0.2, 0) is 0 Å². The summed E-state index contributed by atoms with van der Waals surface area (Å²) in [6.07, 6.45) is 0. The minimum atomic E-state index is -0.553. The summed E-state index contributed by atoms with van der Waals surface area (Å²) in [6, 6.07) is 16.1. The molecule has 0 spiro atoms. The van der Waals surface area contributed by atoms with Gasteiger partial charge in [0.2, 0.25) is 0 Å². The Morgan fingerprint density at radius 3 is 2.62 bits per heavy atom. The maximum absolute atomic E-state index is 13.8. The lowest BCUT2D eigenvalue weighted by Crippen LogP contribution is -2.43. The molecule has 3 rings (SSSR count). The van der Waals surface area contributed by atoms with Gasteiger partial charge in [0, 0.05) is 10.7 Å². The van der Waals surface area contributed by atoms with Crippen LogP contribution >= 0.6 is 23.8 Å². The molecule has 0 saturated heterocycles. The molecule has 132 valence electrons. The van der Waals surface area contributed by atoms with Crippen molar-refractivity contribution in [3.05, 3.63) is 77.3 Å². The molecule has 1 aromatic heterocycles. The van der Waals surface area contributed by atoms with Crippen LogP contribution in [-0.4, -0.2) is 11.0 Å². The standard InChI is InChI=1S/C18H13ClFN3O2S/c19-11-4-3-5-12(10-11)21-18(26)23-22-17(24)16-9-8-15(25-16)13-6-1-2-7-14(13)20/h1-10H,(H,22,24)(H2,21,23,26). The van der Waals surface area contributed by atoms with Gasteiger partial charge >= 0.3 is 5.91 Å². The van der Waals surface area contributed by atoms with Crippen molar-refractivity contribution in [1.29, 1.82) is 0 Å². The minimum absolute atomic E-state index is 0.0151. The first-order chi connectivity index (χ1) is 12.5. The highest BCUT2D eigenvalue weighted by molar-refractivity contribution is 7.80. The lowest BCUT2D eigenvalue weighted by molar-refractivity contribution is 0.0917. The van der Waals surface area contributed by atoms with Crippen LogP contribution in [0.1, 0.15) is 10.6 Å². The first-order valence-corrected chi connectivity index (χ1v) is 8.29.